The summed E-state index contributed by atoms with van der Waals surface area (Å²) in [6, 6.07) is 9.96. The van der Waals surface area contributed by atoms with E-state index in [1.165, 1.54) is 5.56 Å². The molecule has 0 aliphatic heterocycles. The van der Waals surface area contributed by atoms with Crippen LogP contribution in [0.2, 0.25) is 0 Å². The minimum atomic E-state index is -0.00611. The lowest BCUT2D eigenvalue weighted by Crippen LogP contribution is -2.28. The number of aromatic nitrogens is 2. The van der Waals surface area contributed by atoms with Crippen molar-refractivity contribution in [1.29, 1.82) is 0 Å². The van der Waals surface area contributed by atoms with Gasteiger partial charge in [0, 0.05) is 24.6 Å². The molecule has 0 fully saturated rings. The van der Waals surface area contributed by atoms with Crippen LogP contribution in [0.1, 0.15) is 11.1 Å². The molecule has 0 bridgehead atoms. The number of likely N-dealkylation sites (N-methyl/N-ethyl adjacent to an activating group) is 1. The molecule has 0 atom stereocenters. The van der Waals surface area contributed by atoms with Crippen molar-refractivity contribution in [3.05, 3.63) is 51.8 Å². The second kappa shape index (κ2) is 4.63. The Morgan fingerprint density at radius 1 is 1.26 bits per heavy atom. The van der Waals surface area contributed by atoms with Crippen molar-refractivity contribution < 1.29 is 0 Å². The number of hydrogen-bond donors (Lipinski definition) is 0. The van der Waals surface area contributed by atoms with Crippen LogP contribution in [-0.4, -0.2) is 35.3 Å². The first kappa shape index (κ1) is 12.1. The third kappa shape index (κ3) is 2.19. The monoisotopic (exact) mass is 255 g/mol. The summed E-state index contributed by atoms with van der Waals surface area (Å²) in [5.41, 5.74) is 4.43. The Morgan fingerprint density at radius 3 is 2.84 bits per heavy atom. The molecule has 0 spiro atoms. The second-order valence-electron chi connectivity index (χ2n) is 5.22. The lowest BCUT2D eigenvalue weighted by Gasteiger charge is -2.11. The number of nitrogens with zero attached hydrogens (tertiary/aromatic N) is 3. The Kier molecular flexibility index (Phi) is 2.95. The summed E-state index contributed by atoms with van der Waals surface area (Å²) in [6.07, 6.45) is 0.822. The largest absolute Gasteiger partial charge is 0.308 e. The molecule has 2 aromatic rings. The van der Waals surface area contributed by atoms with Gasteiger partial charge in [-0.25, -0.2) is 4.68 Å². The van der Waals surface area contributed by atoms with E-state index in [0.29, 0.717) is 6.54 Å². The highest BCUT2D eigenvalue weighted by Crippen LogP contribution is 2.33. The predicted molar refractivity (Wildman–Crippen MR) is 75.3 cm³/mol. The van der Waals surface area contributed by atoms with Gasteiger partial charge in [0.1, 0.15) is 0 Å². The standard InChI is InChI=1S/C15H17N3O/c1-17(2)7-8-18-14(19)10-12-9-11-5-3-4-6-13(11)15(12)16-18/h3-6,10H,7-9H2,1-2H3. The van der Waals surface area contributed by atoms with Crippen LogP contribution in [0, 0.1) is 0 Å². The van der Waals surface area contributed by atoms with Crippen LogP contribution in [0.4, 0.5) is 0 Å². The molecule has 1 heterocycles. The first-order valence-electron chi connectivity index (χ1n) is 6.49. The Hall–Kier alpha value is -1.94. The zero-order chi connectivity index (χ0) is 13.4. The Labute approximate surface area is 112 Å². The van der Waals surface area contributed by atoms with E-state index in [-0.39, 0.29) is 5.56 Å². The smallest absolute Gasteiger partial charge is 0.267 e. The van der Waals surface area contributed by atoms with Crippen molar-refractivity contribution in [2.24, 2.45) is 0 Å². The van der Waals surface area contributed by atoms with Crippen molar-refractivity contribution in [3.8, 4) is 11.3 Å². The zero-order valence-electron chi connectivity index (χ0n) is 11.3. The van der Waals surface area contributed by atoms with E-state index in [2.05, 4.69) is 22.1 Å². The molecule has 0 saturated carbocycles. The van der Waals surface area contributed by atoms with Gasteiger partial charge in [0.25, 0.3) is 5.56 Å². The number of hydrogen-bond acceptors (Lipinski definition) is 3. The normalized spacial score (nSPS) is 12.6. The molecule has 4 heteroatoms. The molecule has 0 saturated heterocycles. The van der Waals surface area contributed by atoms with Gasteiger partial charge in [0.05, 0.1) is 12.2 Å². The summed E-state index contributed by atoms with van der Waals surface area (Å²) in [4.78, 5) is 14.1. The van der Waals surface area contributed by atoms with E-state index >= 15 is 0 Å². The van der Waals surface area contributed by atoms with Gasteiger partial charge in [-0.3, -0.25) is 4.79 Å². The van der Waals surface area contributed by atoms with Crippen molar-refractivity contribution >= 4 is 0 Å². The van der Waals surface area contributed by atoms with E-state index in [1.54, 1.807) is 10.7 Å². The molecule has 4 nitrogen and oxygen atoms in total. The van der Waals surface area contributed by atoms with Crippen LogP contribution in [0.5, 0.6) is 0 Å². The van der Waals surface area contributed by atoms with E-state index in [9.17, 15) is 4.79 Å². The molecule has 0 amide bonds. The highest BCUT2D eigenvalue weighted by Gasteiger charge is 2.20. The van der Waals surface area contributed by atoms with Crippen LogP contribution in [0.3, 0.4) is 0 Å². The van der Waals surface area contributed by atoms with Crippen LogP contribution in [-0.2, 0) is 13.0 Å². The highest BCUT2D eigenvalue weighted by molar-refractivity contribution is 5.72. The minimum absolute atomic E-state index is 0.00611. The fraction of sp³-hybridized carbons (Fsp3) is 0.333. The lowest BCUT2D eigenvalue weighted by atomic mass is 10.1. The van der Waals surface area contributed by atoms with Crippen LogP contribution < -0.4 is 5.56 Å². The number of fused-ring (bicyclic) bond motifs is 3. The minimum Gasteiger partial charge on any atom is -0.308 e. The Balaban J connectivity index is 2.02. The van der Waals surface area contributed by atoms with Gasteiger partial charge < -0.3 is 4.90 Å². The molecule has 1 aromatic carbocycles. The van der Waals surface area contributed by atoms with Crippen molar-refractivity contribution in [1.82, 2.24) is 14.7 Å². The predicted octanol–water partition coefficient (Wildman–Crippen LogP) is 1.38. The molecule has 3 rings (SSSR count). The van der Waals surface area contributed by atoms with Gasteiger partial charge in [-0.2, -0.15) is 5.10 Å². The topological polar surface area (TPSA) is 38.1 Å². The quantitative estimate of drug-likeness (QED) is 0.709. The molecular weight excluding hydrogens is 238 g/mol. The van der Waals surface area contributed by atoms with Gasteiger partial charge in [-0.15, -0.1) is 0 Å². The molecule has 1 aliphatic carbocycles. The zero-order valence-corrected chi connectivity index (χ0v) is 11.3. The molecular formula is C15H17N3O. The average Bonchev–Trinajstić information content (AvgIpc) is 2.73. The summed E-state index contributed by atoms with van der Waals surface area (Å²) in [5, 5.41) is 4.54. The molecule has 98 valence electrons. The molecule has 0 radical (unpaired) electrons. The van der Waals surface area contributed by atoms with E-state index in [1.807, 2.05) is 26.2 Å². The van der Waals surface area contributed by atoms with E-state index in [0.717, 1.165) is 29.8 Å². The summed E-state index contributed by atoms with van der Waals surface area (Å²) < 4.78 is 1.57. The summed E-state index contributed by atoms with van der Waals surface area (Å²) in [6.45, 7) is 1.44. The Bertz CT molecular complexity index is 673. The SMILES string of the molecule is CN(C)CCn1nc2c(cc1=O)Cc1ccccc1-2. The molecule has 19 heavy (non-hydrogen) atoms. The molecule has 1 aromatic heterocycles. The molecule has 0 unspecified atom stereocenters. The average molecular weight is 255 g/mol. The van der Waals surface area contributed by atoms with Gasteiger partial charge in [0.2, 0.25) is 0 Å². The third-order valence-corrected chi connectivity index (χ3v) is 3.49. The lowest BCUT2D eigenvalue weighted by molar-refractivity contribution is 0.368. The summed E-state index contributed by atoms with van der Waals surface area (Å²) in [5.74, 6) is 0. The molecule has 1 aliphatic rings. The number of rotatable bonds is 3. The number of benzene rings is 1. The van der Waals surface area contributed by atoms with Gasteiger partial charge in [-0.05, 0) is 25.2 Å². The van der Waals surface area contributed by atoms with Crippen molar-refractivity contribution in [3.63, 3.8) is 0 Å². The van der Waals surface area contributed by atoms with Crippen molar-refractivity contribution in [2.75, 3.05) is 20.6 Å². The van der Waals surface area contributed by atoms with E-state index in [4.69, 9.17) is 0 Å². The first-order valence-corrected chi connectivity index (χ1v) is 6.49. The maximum absolute atomic E-state index is 12.0. The third-order valence-electron chi connectivity index (χ3n) is 3.49. The van der Waals surface area contributed by atoms with Crippen LogP contribution in [0.15, 0.2) is 35.1 Å². The van der Waals surface area contributed by atoms with Gasteiger partial charge >= 0.3 is 0 Å². The maximum Gasteiger partial charge on any atom is 0.267 e. The highest BCUT2D eigenvalue weighted by atomic mass is 16.1. The van der Waals surface area contributed by atoms with Crippen molar-refractivity contribution in [2.45, 2.75) is 13.0 Å². The maximum atomic E-state index is 12.0. The fourth-order valence-electron chi connectivity index (χ4n) is 2.45. The van der Waals surface area contributed by atoms with Crippen LogP contribution in [0.25, 0.3) is 11.3 Å². The molecule has 0 N–H and O–H groups in total. The van der Waals surface area contributed by atoms with Crippen LogP contribution >= 0.6 is 0 Å². The Morgan fingerprint density at radius 2 is 2.05 bits per heavy atom. The second-order valence-corrected chi connectivity index (χ2v) is 5.22. The van der Waals surface area contributed by atoms with Gasteiger partial charge in [0.15, 0.2) is 0 Å². The summed E-state index contributed by atoms with van der Waals surface area (Å²) in [7, 11) is 3.99. The van der Waals surface area contributed by atoms with Gasteiger partial charge in [-0.1, -0.05) is 24.3 Å². The fourth-order valence-corrected chi connectivity index (χ4v) is 2.45. The summed E-state index contributed by atoms with van der Waals surface area (Å²) >= 11 is 0. The van der Waals surface area contributed by atoms with E-state index < -0.39 is 0 Å². The first-order chi connectivity index (χ1) is 9.15.